The highest BCUT2D eigenvalue weighted by Gasteiger charge is 2.20. The first-order chi connectivity index (χ1) is 15.3. The van der Waals surface area contributed by atoms with Gasteiger partial charge in [-0.25, -0.2) is 9.18 Å². The minimum Gasteiger partial charge on any atom is -0.454 e. The number of nitriles is 1. The molecule has 1 aromatic heterocycles. The van der Waals surface area contributed by atoms with Crippen LogP contribution in [-0.2, 0) is 9.53 Å². The zero-order valence-electron chi connectivity index (χ0n) is 17.5. The Balaban J connectivity index is 1.67. The van der Waals surface area contributed by atoms with E-state index in [1.54, 1.807) is 48.7 Å². The standard InChI is InChI=1S/C24H20FN3O4/c1-15-13-19(16(2)28(15)21-6-4-3-5-20(21)25)22(29)14-32-24(31)17-7-9-18(10-8-17)27-23(30)11-12-26/h3-10,13H,11,14H2,1-2H3,(H,27,30). The van der Waals surface area contributed by atoms with Gasteiger partial charge >= 0.3 is 5.97 Å². The third kappa shape index (κ3) is 4.90. The van der Waals surface area contributed by atoms with E-state index in [9.17, 15) is 18.8 Å². The molecule has 0 aliphatic carbocycles. The molecule has 0 fully saturated rings. The lowest BCUT2D eigenvalue weighted by Gasteiger charge is -2.11. The second kappa shape index (κ2) is 9.71. The summed E-state index contributed by atoms with van der Waals surface area (Å²) in [5, 5.41) is 11.0. The van der Waals surface area contributed by atoms with Gasteiger partial charge in [0.25, 0.3) is 0 Å². The van der Waals surface area contributed by atoms with Crippen LogP contribution in [0, 0.1) is 31.0 Å². The van der Waals surface area contributed by atoms with E-state index in [4.69, 9.17) is 10.00 Å². The maximum atomic E-state index is 14.2. The maximum absolute atomic E-state index is 14.2. The number of nitrogens with one attached hydrogen (secondary N) is 1. The van der Waals surface area contributed by atoms with Crippen LogP contribution in [0.25, 0.3) is 5.69 Å². The molecular formula is C24H20FN3O4. The van der Waals surface area contributed by atoms with E-state index < -0.39 is 30.1 Å². The van der Waals surface area contributed by atoms with Crippen LogP contribution in [0.1, 0.15) is 38.5 Å². The molecule has 32 heavy (non-hydrogen) atoms. The van der Waals surface area contributed by atoms with Crippen molar-refractivity contribution in [1.29, 1.82) is 5.26 Å². The molecule has 0 saturated carbocycles. The van der Waals surface area contributed by atoms with Crippen molar-refractivity contribution in [2.75, 3.05) is 11.9 Å². The fraction of sp³-hybridized carbons (Fsp3) is 0.167. The first-order valence-electron chi connectivity index (χ1n) is 9.73. The second-order valence-electron chi connectivity index (χ2n) is 7.03. The summed E-state index contributed by atoms with van der Waals surface area (Å²) in [5.74, 6) is -1.97. The predicted molar refractivity (Wildman–Crippen MR) is 115 cm³/mol. The number of esters is 1. The minimum absolute atomic E-state index is 0.202. The van der Waals surface area contributed by atoms with E-state index in [-0.39, 0.29) is 12.0 Å². The number of Topliss-reactive ketones (excluding diaryl/α,β-unsaturated/α-hetero) is 1. The van der Waals surface area contributed by atoms with Gasteiger partial charge in [0.15, 0.2) is 6.61 Å². The lowest BCUT2D eigenvalue weighted by atomic mass is 10.1. The van der Waals surface area contributed by atoms with Crippen LogP contribution in [-0.4, -0.2) is 28.8 Å². The number of carbonyl (C=O) groups excluding carboxylic acids is 3. The highest BCUT2D eigenvalue weighted by atomic mass is 19.1. The fourth-order valence-corrected chi connectivity index (χ4v) is 3.31. The Bertz CT molecular complexity index is 1220. The molecule has 1 amide bonds. The monoisotopic (exact) mass is 433 g/mol. The van der Waals surface area contributed by atoms with Crippen LogP contribution < -0.4 is 5.32 Å². The van der Waals surface area contributed by atoms with E-state index >= 15 is 0 Å². The Labute approximate surface area is 184 Å². The average molecular weight is 433 g/mol. The molecule has 8 heteroatoms. The topological polar surface area (TPSA) is 101 Å². The zero-order valence-corrected chi connectivity index (χ0v) is 17.5. The number of aryl methyl sites for hydroxylation is 1. The molecule has 1 heterocycles. The van der Waals surface area contributed by atoms with Crippen molar-refractivity contribution in [2.45, 2.75) is 20.3 Å². The van der Waals surface area contributed by atoms with Crippen LogP contribution >= 0.6 is 0 Å². The predicted octanol–water partition coefficient (Wildman–Crippen LogP) is 4.13. The summed E-state index contributed by atoms with van der Waals surface area (Å²) in [6.45, 7) is 2.99. The van der Waals surface area contributed by atoms with Crippen LogP contribution in [0.4, 0.5) is 10.1 Å². The van der Waals surface area contributed by atoms with E-state index in [0.717, 1.165) is 0 Å². The zero-order chi connectivity index (χ0) is 23.3. The number of nitrogens with zero attached hydrogens (tertiary/aromatic N) is 2. The summed E-state index contributed by atoms with van der Waals surface area (Å²) in [6, 6.07) is 15.5. The number of rotatable bonds is 7. The van der Waals surface area contributed by atoms with Crippen molar-refractivity contribution in [1.82, 2.24) is 4.57 Å². The van der Waals surface area contributed by atoms with E-state index in [1.165, 1.54) is 30.3 Å². The molecule has 0 spiro atoms. The van der Waals surface area contributed by atoms with E-state index in [1.807, 2.05) is 0 Å². The molecule has 162 valence electrons. The summed E-state index contributed by atoms with van der Waals surface area (Å²) < 4.78 is 21.0. The number of hydrogen-bond donors (Lipinski definition) is 1. The molecule has 1 N–H and O–H groups in total. The third-order valence-corrected chi connectivity index (χ3v) is 4.80. The van der Waals surface area contributed by atoms with E-state index in [0.29, 0.717) is 28.3 Å². The highest BCUT2D eigenvalue weighted by molar-refractivity contribution is 6.00. The minimum atomic E-state index is -0.698. The smallest absolute Gasteiger partial charge is 0.338 e. The Morgan fingerprint density at radius 2 is 1.78 bits per heavy atom. The Kier molecular flexibility index (Phi) is 6.80. The number of aromatic nitrogens is 1. The van der Waals surface area contributed by atoms with Crippen molar-refractivity contribution in [3.63, 3.8) is 0 Å². The van der Waals surface area contributed by atoms with Gasteiger partial charge in [0.2, 0.25) is 11.7 Å². The number of ether oxygens (including phenoxy) is 1. The molecule has 0 aliphatic rings. The van der Waals surface area contributed by atoms with Gasteiger partial charge < -0.3 is 14.6 Å². The van der Waals surface area contributed by atoms with Gasteiger partial charge in [-0.1, -0.05) is 12.1 Å². The Hall–Kier alpha value is -4.25. The summed E-state index contributed by atoms with van der Waals surface area (Å²) >= 11 is 0. The van der Waals surface area contributed by atoms with Crippen LogP contribution in [0.15, 0.2) is 54.6 Å². The normalized spacial score (nSPS) is 10.3. The first-order valence-corrected chi connectivity index (χ1v) is 9.73. The van der Waals surface area contributed by atoms with Crippen LogP contribution in [0.3, 0.4) is 0 Å². The molecule has 0 aliphatic heterocycles. The number of benzene rings is 2. The number of para-hydroxylation sites is 1. The molecule has 0 bridgehead atoms. The largest absolute Gasteiger partial charge is 0.454 e. The summed E-state index contributed by atoms with van der Waals surface area (Å²) in [5.41, 5.74) is 2.53. The SMILES string of the molecule is Cc1cc(C(=O)COC(=O)c2ccc(NC(=O)CC#N)cc2)c(C)n1-c1ccccc1F. The van der Waals surface area contributed by atoms with Gasteiger partial charge in [-0.2, -0.15) is 5.26 Å². The van der Waals surface area contributed by atoms with Crippen molar-refractivity contribution >= 4 is 23.3 Å². The maximum Gasteiger partial charge on any atom is 0.338 e. The van der Waals surface area contributed by atoms with Crippen molar-refractivity contribution in [2.24, 2.45) is 0 Å². The first kappa shape index (κ1) is 22.4. The number of hydrogen-bond acceptors (Lipinski definition) is 5. The lowest BCUT2D eigenvalue weighted by molar-refractivity contribution is -0.115. The number of halogens is 1. The number of ketones is 1. The number of carbonyl (C=O) groups is 3. The molecule has 0 radical (unpaired) electrons. The van der Waals surface area contributed by atoms with Gasteiger partial charge in [-0.15, -0.1) is 0 Å². The average Bonchev–Trinajstić information content (AvgIpc) is 3.07. The molecule has 0 atom stereocenters. The molecule has 0 saturated heterocycles. The Morgan fingerprint density at radius 1 is 1.09 bits per heavy atom. The molecule has 3 rings (SSSR count). The summed E-state index contributed by atoms with van der Waals surface area (Å²) in [4.78, 5) is 36.4. The van der Waals surface area contributed by atoms with Crippen molar-refractivity contribution in [3.8, 4) is 11.8 Å². The second-order valence-corrected chi connectivity index (χ2v) is 7.03. The molecule has 7 nitrogen and oxygen atoms in total. The highest BCUT2D eigenvalue weighted by Crippen LogP contribution is 2.23. The lowest BCUT2D eigenvalue weighted by Crippen LogP contribution is -2.15. The summed E-state index contributed by atoms with van der Waals surface area (Å²) in [6.07, 6.45) is -0.274. The van der Waals surface area contributed by atoms with Crippen molar-refractivity contribution < 1.29 is 23.5 Å². The van der Waals surface area contributed by atoms with Crippen LogP contribution in [0.5, 0.6) is 0 Å². The van der Waals surface area contributed by atoms with Crippen molar-refractivity contribution in [3.05, 3.63) is 82.9 Å². The summed E-state index contributed by atoms with van der Waals surface area (Å²) in [7, 11) is 0. The van der Waals surface area contributed by atoms with Gasteiger partial charge in [-0.3, -0.25) is 9.59 Å². The number of anilines is 1. The van der Waals surface area contributed by atoms with Gasteiger partial charge in [0.1, 0.15) is 12.2 Å². The Morgan fingerprint density at radius 3 is 2.44 bits per heavy atom. The molecule has 3 aromatic rings. The van der Waals surface area contributed by atoms with Gasteiger partial charge in [0.05, 0.1) is 17.3 Å². The quantitative estimate of drug-likeness (QED) is 0.446. The van der Waals surface area contributed by atoms with Gasteiger partial charge in [-0.05, 0) is 56.3 Å². The van der Waals surface area contributed by atoms with Crippen LogP contribution in [0.2, 0.25) is 0 Å². The van der Waals surface area contributed by atoms with Gasteiger partial charge in [0, 0.05) is 22.6 Å². The van der Waals surface area contributed by atoms with E-state index in [2.05, 4.69) is 5.32 Å². The molecule has 2 aromatic carbocycles. The third-order valence-electron chi connectivity index (χ3n) is 4.80. The number of amides is 1. The molecular weight excluding hydrogens is 413 g/mol. The molecule has 0 unspecified atom stereocenters. The fourth-order valence-electron chi connectivity index (χ4n) is 3.31.